The van der Waals surface area contributed by atoms with Crippen molar-refractivity contribution in [2.75, 3.05) is 0 Å². The summed E-state index contributed by atoms with van der Waals surface area (Å²) in [5.74, 6) is -0.303. The highest BCUT2D eigenvalue weighted by Crippen LogP contribution is 2.51. The second-order valence-corrected chi connectivity index (χ2v) is 13.1. The quantitative estimate of drug-likeness (QED) is 0.165. The average molecular weight is 687 g/mol. The molecule has 8 aromatic carbocycles. The molecule has 0 N–H and O–H groups in total. The molecule has 0 fully saturated rings. The molecule has 9 aromatic rings. The van der Waals surface area contributed by atoms with Crippen molar-refractivity contribution >= 4 is 32.6 Å². The number of imidazole rings is 1. The van der Waals surface area contributed by atoms with E-state index in [4.69, 9.17) is 17.8 Å². The van der Waals surface area contributed by atoms with Crippen LogP contribution in [0.3, 0.4) is 0 Å². The lowest BCUT2D eigenvalue weighted by Gasteiger charge is -2.23. The van der Waals surface area contributed by atoms with Gasteiger partial charge in [0.15, 0.2) is 0 Å². The molecular formula is C50H38N2. The molecular weight excluding hydrogens is 629 g/mol. The Morgan fingerprint density at radius 3 is 1.83 bits per heavy atom. The van der Waals surface area contributed by atoms with Gasteiger partial charge in [0, 0.05) is 24.3 Å². The predicted octanol–water partition coefficient (Wildman–Crippen LogP) is 13.2. The first kappa shape index (κ1) is 16.4. The Kier molecular flexibility index (Phi) is 3.67. The molecule has 0 radical (unpaired) electrons. The highest BCUT2D eigenvalue weighted by atomic mass is 15.1. The van der Waals surface area contributed by atoms with Crippen LogP contribution in [-0.4, -0.2) is 9.55 Å². The Morgan fingerprint density at radius 1 is 0.596 bits per heavy atom. The Bertz CT molecular complexity index is 3810. The first-order valence-corrected chi connectivity index (χ1v) is 16.6. The highest BCUT2D eigenvalue weighted by molar-refractivity contribution is 6.21. The van der Waals surface area contributed by atoms with Crippen LogP contribution in [-0.2, 0) is 11.8 Å². The van der Waals surface area contributed by atoms with E-state index in [0.717, 1.165) is 0 Å². The Balaban J connectivity index is 1.23. The average Bonchev–Trinajstić information content (AvgIpc) is 3.86. The van der Waals surface area contributed by atoms with Crippen molar-refractivity contribution in [3.05, 3.63) is 180 Å². The normalized spacial score (nSPS) is 19.1. The van der Waals surface area contributed by atoms with Gasteiger partial charge >= 0.3 is 0 Å². The van der Waals surface area contributed by atoms with Gasteiger partial charge in [0.05, 0.1) is 31.6 Å². The summed E-state index contributed by atoms with van der Waals surface area (Å²) in [6, 6.07) is 11.3. The van der Waals surface area contributed by atoms with E-state index in [0.29, 0.717) is 27.8 Å². The molecule has 0 saturated heterocycles. The van der Waals surface area contributed by atoms with Crippen molar-refractivity contribution in [3.8, 4) is 50.2 Å². The molecule has 0 spiro atoms. The third-order valence-corrected chi connectivity index (χ3v) is 9.93. The standard InChI is InChI=1S/C50H38N2/c1-4-47-51-45-19-11-12-20-46(45)52(47)36-28-25-33(26-29-36)32-21-23-34(24-22-32)48-39-14-5-7-16-41(39)49(42-17-8-6-15-40(42)48)35-27-30-38-37-13-9-10-18-43(37)50(2,3)44(38)31-35/h5-31H,4H2,1-3H3/i1D3,4D2,5D,6D,7D,8D,9D,10D,13D,14D,15D,16D,17D,18D,27D,30D,31D. The summed E-state index contributed by atoms with van der Waals surface area (Å²) in [7, 11) is 0. The minimum atomic E-state index is -3.04. The van der Waals surface area contributed by atoms with Crippen molar-refractivity contribution in [1.82, 2.24) is 9.55 Å². The summed E-state index contributed by atoms with van der Waals surface area (Å²) in [5, 5.41) is -0.972. The Hall–Kier alpha value is -6.25. The van der Waals surface area contributed by atoms with Gasteiger partial charge in [0.25, 0.3) is 0 Å². The number of nitrogens with zero attached hydrogens (tertiary/aromatic N) is 2. The second kappa shape index (κ2) is 11.6. The predicted molar refractivity (Wildman–Crippen MR) is 219 cm³/mol. The highest BCUT2D eigenvalue weighted by Gasteiger charge is 2.35. The van der Waals surface area contributed by atoms with Crippen molar-refractivity contribution in [3.63, 3.8) is 0 Å². The van der Waals surface area contributed by atoms with E-state index in [1.807, 2.05) is 0 Å². The maximum absolute atomic E-state index is 9.90. The van der Waals surface area contributed by atoms with Crippen LogP contribution in [0.4, 0.5) is 0 Å². The van der Waals surface area contributed by atoms with Crippen LogP contribution in [0.15, 0.2) is 163 Å². The van der Waals surface area contributed by atoms with E-state index in [9.17, 15) is 9.60 Å². The van der Waals surface area contributed by atoms with Gasteiger partial charge in [0.2, 0.25) is 0 Å². The van der Waals surface area contributed by atoms with Gasteiger partial charge in [-0.1, -0.05) is 154 Å². The molecule has 2 heteroatoms. The summed E-state index contributed by atoms with van der Waals surface area (Å²) < 4.78 is 179. The van der Waals surface area contributed by atoms with Gasteiger partial charge in [-0.2, -0.15) is 0 Å². The first-order chi connectivity index (χ1) is 33.7. The molecule has 10 rings (SSSR count). The second-order valence-electron chi connectivity index (χ2n) is 13.1. The molecule has 1 aromatic heterocycles. The molecule has 2 nitrogen and oxygen atoms in total. The molecule has 1 aliphatic rings. The minimum Gasteiger partial charge on any atom is -0.296 e. The number of aryl methyl sites for hydroxylation is 1. The number of rotatable bonds is 5. The number of para-hydroxylation sites is 2. The molecule has 0 saturated carbocycles. The summed E-state index contributed by atoms with van der Waals surface area (Å²) in [6.07, 6.45) is -2.82. The van der Waals surface area contributed by atoms with Gasteiger partial charge < -0.3 is 0 Å². The maximum atomic E-state index is 9.90. The molecule has 248 valence electrons. The Morgan fingerprint density at radius 2 is 1.15 bits per heavy atom. The first-order valence-electron chi connectivity index (χ1n) is 26.6. The van der Waals surface area contributed by atoms with E-state index in [1.54, 1.807) is 86.6 Å². The SMILES string of the molecule is [2H]c1c([2H])c([2H])c2c(c1[2H])-c1c([2H])c([2H])c(-c3c4c([2H])c([2H])c([2H])c([2H])c4c(-c4ccc(-c5ccc(-n6c(C([2H])([2H])C([2H])([2H])[2H])nc7ccccc76)cc5)cc4)c4c([2H])c([2H])c([2H])c([2H])c34)c([2H])c1C2(C)C. The van der Waals surface area contributed by atoms with Gasteiger partial charge in [-0.05, 0) is 107 Å². The minimum absolute atomic E-state index is 0.00519. The fourth-order valence-corrected chi connectivity index (χ4v) is 7.45. The monoisotopic (exact) mass is 686 g/mol. The number of hydrogen-bond acceptors (Lipinski definition) is 1. The molecule has 0 amide bonds. The largest absolute Gasteiger partial charge is 0.296 e. The lowest BCUT2D eigenvalue weighted by atomic mass is 9.80. The lowest BCUT2D eigenvalue weighted by molar-refractivity contribution is 0.660. The molecule has 0 bridgehead atoms. The number of benzene rings is 8. The van der Waals surface area contributed by atoms with Crippen LogP contribution in [0.25, 0.3) is 82.8 Å². The molecule has 0 atom stereocenters. The van der Waals surface area contributed by atoms with E-state index in [2.05, 4.69) is 4.98 Å². The van der Waals surface area contributed by atoms with Crippen molar-refractivity contribution in [2.24, 2.45) is 0 Å². The van der Waals surface area contributed by atoms with Crippen LogP contribution in [0, 0.1) is 0 Å². The van der Waals surface area contributed by atoms with Crippen LogP contribution in [0.5, 0.6) is 0 Å². The number of hydrogen-bond donors (Lipinski definition) is 0. The van der Waals surface area contributed by atoms with Crippen LogP contribution in [0.2, 0.25) is 0 Å². The van der Waals surface area contributed by atoms with Crippen LogP contribution >= 0.6 is 0 Å². The third kappa shape index (κ3) is 4.54. The summed E-state index contributed by atoms with van der Waals surface area (Å²) in [6.45, 7) is 0.185. The number of aromatic nitrogens is 2. The molecule has 1 heterocycles. The van der Waals surface area contributed by atoms with Crippen LogP contribution in [0.1, 0.15) is 65.1 Å². The van der Waals surface area contributed by atoms with Gasteiger partial charge in [-0.3, -0.25) is 4.57 Å². The maximum Gasteiger partial charge on any atom is 0.114 e. The van der Waals surface area contributed by atoms with E-state index >= 15 is 0 Å². The fraction of sp³-hybridized carbons (Fsp3) is 0.100. The zero-order valence-corrected chi connectivity index (χ0v) is 27.8. The van der Waals surface area contributed by atoms with E-state index in [1.165, 1.54) is 4.57 Å². The summed E-state index contributed by atoms with van der Waals surface area (Å²) >= 11 is 0. The molecule has 0 aliphatic heterocycles. The van der Waals surface area contributed by atoms with Crippen molar-refractivity contribution in [2.45, 2.75) is 32.5 Å². The van der Waals surface area contributed by atoms with Gasteiger partial charge in [0.1, 0.15) is 5.82 Å². The van der Waals surface area contributed by atoms with Gasteiger partial charge in [-0.25, -0.2) is 4.98 Å². The smallest absolute Gasteiger partial charge is 0.114 e. The molecule has 1 aliphatic carbocycles. The van der Waals surface area contributed by atoms with Crippen LogP contribution < -0.4 is 0 Å². The topological polar surface area (TPSA) is 17.8 Å². The lowest BCUT2D eigenvalue weighted by Crippen LogP contribution is -2.14. The van der Waals surface area contributed by atoms with E-state index in [-0.39, 0.29) is 66.3 Å². The third-order valence-electron chi connectivity index (χ3n) is 9.93. The van der Waals surface area contributed by atoms with Crippen molar-refractivity contribution in [1.29, 1.82) is 0 Å². The Labute approximate surface area is 332 Å². The fourth-order valence-electron chi connectivity index (χ4n) is 7.45. The van der Waals surface area contributed by atoms with Crippen molar-refractivity contribution < 1.29 is 27.4 Å². The summed E-state index contributed by atoms with van der Waals surface area (Å²) in [5.41, 5.74) is 0.723. The zero-order valence-electron chi connectivity index (χ0n) is 47.8. The van der Waals surface area contributed by atoms with Gasteiger partial charge in [-0.15, -0.1) is 0 Å². The summed E-state index contributed by atoms with van der Waals surface area (Å²) in [4.78, 5) is 4.39. The molecule has 0 unspecified atom stereocenters. The van der Waals surface area contributed by atoms with E-state index < -0.39 is 115 Å². The number of fused-ring (bicyclic) bond motifs is 6. The molecule has 52 heavy (non-hydrogen) atoms. The zero-order chi connectivity index (χ0) is 52.3.